The van der Waals surface area contributed by atoms with Crippen molar-refractivity contribution in [2.24, 2.45) is 0 Å². The van der Waals surface area contributed by atoms with Crippen molar-refractivity contribution < 1.29 is 44.3 Å². The summed E-state index contributed by atoms with van der Waals surface area (Å²) in [5.74, 6) is -10.4. The number of fused-ring (bicyclic) bond motifs is 1. The Bertz CT molecular complexity index is 1780. The van der Waals surface area contributed by atoms with Crippen LogP contribution in [-0.2, 0) is 6.11 Å². The molecule has 0 aliphatic carbocycles. The van der Waals surface area contributed by atoms with Crippen LogP contribution in [0.4, 0.5) is 39.5 Å². The Hall–Kier alpha value is -4.47. The summed E-state index contributed by atoms with van der Waals surface area (Å²) in [6.07, 6.45) is -3.97. The number of benzene rings is 5. The SMILES string of the molecule is Cc1ccc(-c2ccc(C(F)(F)Oc3ccc(-c4cc(F)c5c(F)c(F)c(F)cc5c4)c(F)c3)cc2)c(F)c1F. The summed E-state index contributed by atoms with van der Waals surface area (Å²) in [5, 5.41) is -1.21. The highest BCUT2D eigenvalue weighted by molar-refractivity contribution is 5.88. The van der Waals surface area contributed by atoms with Crippen LogP contribution in [0.2, 0.25) is 0 Å². The van der Waals surface area contributed by atoms with E-state index in [4.69, 9.17) is 0 Å². The van der Waals surface area contributed by atoms with Crippen molar-refractivity contribution in [3.63, 3.8) is 0 Å². The molecule has 0 saturated carbocycles. The lowest BCUT2D eigenvalue weighted by Crippen LogP contribution is -2.21. The minimum atomic E-state index is -3.97. The number of hydrogen-bond acceptors (Lipinski definition) is 1. The van der Waals surface area contributed by atoms with Gasteiger partial charge in [0.05, 0.1) is 10.9 Å². The Morgan fingerprint density at radius 2 is 1.23 bits per heavy atom. The Labute approximate surface area is 221 Å². The van der Waals surface area contributed by atoms with Gasteiger partial charge in [-0.3, -0.25) is 0 Å². The van der Waals surface area contributed by atoms with Gasteiger partial charge in [-0.15, -0.1) is 0 Å². The standard InChI is InChI=1S/C30H15F9O/c1-14-2-8-21(27(35)26(14)34)15-3-5-18(6-4-15)30(38,39)40-19-7-9-20(22(31)13-19)16-10-17-12-24(33)28(36)29(37)25(17)23(32)11-16/h2-13H,1H3. The van der Waals surface area contributed by atoms with Gasteiger partial charge in [-0.25, -0.2) is 30.7 Å². The molecule has 0 atom stereocenters. The van der Waals surface area contributed by atoms with Crippen molar-refractivity contribution in [2.45, 2.75) is 13.0 Å². The van der Waals surface area contributed by atoms with E-state index in [0.29, 0.717) is 18.2 Å². The molecule has 0 fully saturated rings. The molecule has 5 rings (SSSR count). The third-order valence-electron chi connectivity index (χ3n) is 6.33. The fourth-order valence-electron chi connectivity index (χ4n) is 4.26. The summed E-state index contributed by atoms with van der Waals surface area (Å²) < 4.78 is 133. The van der Waals surface area contributed by atoms with Gasteiger partial charge in [0.1, 0.15) is 17.4 Å². The van der Waals surface area contributed by atoms with Crippen molar-refractivity contribution in [1.29, 1.82) is 0 Å². The molecule has 40 heavy (non-hydrogen) atoms. The second-order valence-corrected chi connectivity index (χ2v) is 8.94. The van der Waals surface area contributed by atoms with Crippen LogP contribution in [-0.4, -0.2) is 0 Å². The van der Waals surface area contributed by atoms with Crippen molar-refractivity contribution in [1.82, 2.24) is 0 Å². The molecule has 0 aromatic heterocycles. The molecule has 0 saturated heterocycles. The molecule has 0 N–H and O–H groups in total. The lowest BCUT2D eigenvalue weighted by molar-refractivity contribution is -0.185. The third kappa shape index (κ3) is 4.74. The van der Waals surface area contributed by atoms with E-state index in [-0.39, 0.29) is 33.2 Å². The summed E-state index contributed by atoms with van der Waals surface area (Å²) in [7, 11) is 0. The molecule has 0 bridgehead atoms. The van der Waals surface area contributed by atoms with Crippen molar-refractivity contribution in [3.05, 3.63) is 125 Å². The zero-order valence-corrected chi connectivity index (χ0v) is 20.2. The maximum atomic E-state index is 14.9. The topological polar surface area (TPSA) is 9.23 Å². The third-order valence-corrected chi connectivity index (χ3v) is 6.33. The van der Waals surface area contributed by atoms with Crippen LogP contribution in [0, 0.1) is 47.6 Å². The van der Waals surface area contributed by atoms with Crippen LogP contribution >= 0.6 is 0 Å². The molecular formula is C30H15F9O. The highest BCUT2D eigenvalue weighted by Gasteiger charge is 2.35. The number of hydrogen-bond donors (Lipinski definition) is 0. The predicted octanol–water partition coefficient (Wildman–Crippen LogP) is 9.58. The molecule has 0 spiro atoms. The van der Waals surface area contributed by atoms with Crippen LogP contribution in [0.3, 0.4) is 0 Å². The van der Waals surface area contributed by atoms with Gasteiger partial charge in [0, 0.05) is 17.2 Å². The highest BCUT2D eigenvalue weighted by Crippen LogP contribution is 2.37. The largest absolute Gasteiger partial charge is 0.429 e. The molecule has 0 radical (unpaired) electrons. The second-order valence-electron chi connectivity index (χ2n) is 8.94. The average molecular weight is 562 g/mol. The van der Waals surface area contributed by atoms with Gasteiger partial charge in [-0.1, -0.05) is 24.3 Å². The van der Waals surface area contributed by atoms with Crippen molar-refractivity contribution in [2.75, 3.05) is 0 Å². The van der Waals surface area contributed by atoms with Gasteiger partial charge < -0.3 is 4.74 Å². The number of alkyl halides is 2. The van der Waals surface area contributed by atoms with Gasteiger partial charge in [0.25, 0.3) is 0 Å². The Kier molecular flexibility index (Phi) is 6.73. The Balaban J connectivity index is 1.41. The maximum absolute atomic E-state index is 14.9. The van der Waals surface area contributed by atoms with Crippen LogP contribution in [0.25, 0.3) is 33.0 Å². The van der Waals surface area contributed by atoms with E-state index < -0.39 is 63.5 Å². The minimum Gasteiger partial charge on any atom is -0.429 e. The molecule has 1 nitrogen and oxygen atoms in total. The van der Waals surface area contributed by atoms with Gasteiger partial charge in [-0.2, -0.15) is 8.78 Å². The summed E-state index contributed by atoms with van der Waals surface area (Å²) in [5.41, 5.74) is -1.07. The lowest BCUT2D eigenvalue weighted by atomic mass is 9.99. The molecule has 0 amide bonds. The monoisotopic (exact) mass is 562 g/mol. The van der Waals surface area contributed by atoms with Crippen LogP contribution in [0.1, 0.15) is 11.1 Å². The zero-order valence-electron chi connectivity index (χ0n) is 20.2. The summed E-state index contributed by atoms with van der Waals surface area (Å²) in [4.78, 5) is 0. The molecule has 0 heterocycles. The molecule has 0 aliphatic rings. The molecule has 10 heteroatoms. The second kappa shape index (κ2) is 9.93. The summed E-state index contributed by atoms with van der Waals surface area (Å²) >= 11 is 0. The summed E-state index contributed by atoms with van der Waals surface area (Å²) in [6.45, 7) is 1.38. The molecule has 5 aromatic rings. The van der Waals surface area contributed by atoms with Crippen molar-refractivity contribution in [3.8, 4) is 28.0 Å². The first kappa shape index (κ1) is 27.1. The van der Waals surface area contributed by atoms with Gasteiger partial charge >= 0.3 is 6.11 Å². The fourth-order valence-corrected chi connectivity index (χ4v) is 4.26. The molecule has 0 unspecified atom stereocenters. The van der Waals surface area contributed by atoms with Crippen molar-refractivity contribution >= 4 is 10.8 Å². The zero-order chi connectivity index (χ0) is 28.9. The minimum absolute atomic E-state index is 0.0833. The first-order valence-corrected chi connectivity index (χ1v) is 11.6. The van der Waals surface area contributed by atoms with E-state index in [0.717, 1.165) is 42.5 Å². The van der Waals surface area contributed by atoms with Gasteiger partial charge in [0.2, 0.25) is 0 Å². The number of ether oxygens (including phenoxy) is 1. The highest BCUT2D eigenvalue weighted by atomic mass is 19.3. The number of halogens is 9. The van der Waals surface area contributed by atoms with E-state index in [9.17, 15) is 39.5 Å². The van der Waals surface area contributed by atoms with E-state index in [2.05, 4.69) is 4.74 Å². The van der Waals surface area contributed by atoms with E-state index in [1.54, 1.807) is 0 Å². The lowest BCUT2D eigenvalue weighted by Gasteiger charge is -2.19. The maximum Gasteiger partial charge on any atom is 0.426 e. The number of rotatable bonds is 5. The van der Waals surface area contributed by atoms with Gasteiger partial charge in [0.15, 0.2) is 29.1 Å². The molecule has 5 aromatic carbocycles. The van der Waals surface area contributed by atoms with Gasteiger partial charge in [-0.05, 0) is 71.5 Å². The average Bonchev–Trinajstić information content (AvgIpc) is 2.90. The first-order chi connectivity index (χ1) is 18.9. The van der Waals surface area contributed by atoms with Crippen LogP contribution < -0.4 is 4.74 Å². The molecule has 0 aliphatic heterocycles. The molecule has 204 valence electrons. The Morgan fingerprint density at radius 1 is 0.550 bits per heavy atom. The quantitative estimate of drug-likeness (QED) is 0.153. The molecular weight excluding hydrogens is 547 g/mol. The van der Waals surface area contributed by atoms with E-state index in [1.807, 2.05) is 0 Å². The first-order valence-electron chi connectivity index (χ1n) is 11.6. The fraction of sp³-hybridized carbons (Fsp3) is 0.0667. The Morgan fingerprint density at radius 3 is 1.90 bits per heavy atom. The number of aryl methyl sites for hydroxylation is 1. The van der Waals surface area contributed by atoms with Crippen LogP contribution in [0.15, 0.2) is 72.8 Å². The van der Waals surface area contributed by atoms with E-state index >= 15 is 0 Å². The van der Waals surface area contributed by atoms with E-state index in [1.165, 1.54) is 19.1 Å². The smallest absolute Gasteiger partial charge is 0.426 e. The predicted molar refractivity (Wildman–Crippen MR) is 130 cm³/mol. The normalized spacial score (nSPS) is 11.8. The summed E-state index contributed by atoms with van der Waals surface area (Å²) in [6, 6.07) is 11.7. The van der Waals surface area contributed by atoms with Crippen LogP contribution in [0.5, 0.6) is 5.75 Å².